The molecule has 1 aliphatic rings. The third-order valence-corrected chi connectivity index (χ3v) is 5.56. The number of nitrogens with zero attached hydrogens (tertiary/aromatic N) is 1. The maximum atomic E-state index is 12.4. The number of carbonyl (C=O) groups excluding carboxylic acids is 2. The van der Waals surface area contributed by atoms with Gasteiger partial charge in [0, 0.05) is 43.9 Å². The monoisotopic (exact) mass is 401 g/mol. The number of nitrogens with one attached hydrogen (secondary N) is 2. The number of carbonyl (C=O) groups is 2. The van der Waals surface area contributed by atoms with Gasteiger partial charge in [-0.15, -0.1) is 0 Å². The molecule has 2 amide bonds. The van der Waals surface area contributed by atoms with Crippen LogP contribution in [-0.4, -0.2) is 31.4 Å². The van der Waals surface area contributed by atoms with E-state index in [-0.39, 0.29) is 18.2 Å². The fraction of sp³-hybridized carbons (Fsp3) is 0.280. The Morgan fingerprint density at radius 1 is 0.833 bits per heavy atom. The summed E-state index contributed by atoms with van der Waals surface area (Å²) in [5.74, 6) is -0.224. The molecule has 3 aromatic rings. The molecule has 1 saturated heterocycles. The van der Waals surface area contributed by atoms with Crippen molar-refractivity contribution in [1.82, 2.24) is 10.6 Å². The van der Waals surface area contributed by atoms with Crippen LogP contribution in [0.25, 0.3) is 10.8 Å². The standard InChI is InChI=1S/C25H27N3O2/c29-24(27-18-22-9-3-4-10-23(22)28-15-5-6-16-28)13-14-26-25(30)21-12-11-19-7-1-2-8-20(19)17-21/h1-4,7-12,17H,5-6,13-16,18H2,(H,26,30)(H,27,29). The number of hydrogen-bond acceptors (Lipinski definition) is 3. The molecule has 4 rings (SSSR count). The van der Waals surface area contributed by atoms with Crippen LogP contribution in [0.2, 0.25) is 0 Å². The summed E-state index contributed by atoms with van der Waals surface area (Å²) < 4.78 is 0. The Labute approximate surface area is 177 Å². The van der Waals surface area contributed by atoms with Crippen LogP contribution in [0.1, 0.15) is 35.2 Å². The minimum absolute atomic E-state index is 0.0648. The van der Waals surface area contributed by atoms with E-state index >= 15 is 0 Å². The highest BCUT2D eigenvalue weighted by Gasteiger charge is 2.15. The number of rotatable bonds is 7. The quantitative estimate of drug-likeness (QED) is 0.632. The molecule has 1 fully saturated rings. The summed E-state index contributed by atoms with van der Waals surface area (Å²) in [6.07, 6.45) is 2.69. The van der Waals surface area contributed by atoms with Gasteiger partial charge in [0.1, 0.15) is 0 Å². The summed E-state index contributed by atoms with van der Waals surface area (Å²) in [5.41, 5.74) is 2.95. The van der Waals surface area contributed by atoms with Gasteiger partial charge < -0.3 is 15.5 Å². The Balaban J connectivity index is 1.25. The number of hydrogen-bond donors (Lipinski definition) is 2. The normalized spacial score (nSPS) is 13.4. The van der Waals surface area contributed by atoms with E-state index in [0.717, 1.165) is 29.4 Å². The highest BCUT2D eigenvalue weighted by molar-refractivity contribution is 5.98. The first-order chi connectivity index (χ1) is 14.7. The lowest BCUT2D eigenvalue weighted by molar-refractivity contribution is -0.121. The van der Waals surface area contributed by atoms with E-state index in [9.17, 15) is 9.59 Å². The number of fused-ring (bicyclic) bond motifs is 1. The van der Waals surface area contributed by atoms with Crippen LogP contribution < -0.4 is 15.5 Å². The molecule has 3 aromatic carbocycles. The summed E-state index contributed by atoms with van der Waals surface area (Å²) in [6.45, 7) is 2.97. The molecule has 1 heterocycles. The van der Waals surface area contributed by atoms with Crippen molar-refractivity contribution in [3.8, 4) is 0 Å². The highest BCUT2D eigenvalue weighted by atomic mass is 16.2. The van der Waals surface area contributed by atoms with Crippen molar-refractivity contribution in [2.45, 2.75) is 25.8 Å². The van der Waals surface area contributed by atoms with E-state index in [0.29, 0.717) is 18.7 Å². The van der Waals surface area contributed by atoms with Gasteiger partial charge in [-0.2, -0.15) is 0 Å². The highest BCUT2D eigenvalue weighted by Crippen LogP contribution is 2.24. The third-order valence-electron chi connectivity index (χ3n) is 5.56. The molecule has 1 aliphatic heterocycles. The molecule has 5 nitrogen and oxygen atoms in total. The van der Waals surface area contributed by atoms with Gasteiger partial charge in [0.05, 0.1) is 0 Å². The summed E-state index contributed by atoms with van der Waals surface area (Å²) in [6, 6.07) is 21.8. The van der Waals surface area contributed by atoms with Crippen molar-refractivity contribution < 1.29 is 9.59 Å². The van der Waals surface area contributed by atoms with Crippen molar-refractivity contribution in [3.63, 3.8) is 0 Å². The van der Waals surface area contributed by atoms with Crippen LogP contribution in [0.15, 0.2) is 66.7 Å². The number of anilines is 1. The first-order valence-corrected chi connectivity index (χ1v) is 10.6. The minimum Gasteiger partial charge on any atom is -0.371 e. The molecule has 0 unspecified atom stereocenters. The first kappa shape index (κ1) is 20.0. The second-order valence-electron chi connectivity index (χ2n) is 7.67. The SMILES string of the molecule is O=C(CCNC(=O)c1ccc2ccccc2c1)NCc1ccccc1N1CCCC1. The number of para-hydroxylation sites is 1. The zero-order valence-corrected chi connectivity index (χ0v) is 17.1. The van der Waals surface area contributed by atoms with Gasteiger partial charge in [-0.05, 0) is 47.4 Å². The first-order valence-electron chi connectivity index (χ1n) is 10.6. The van der Waals surface area contributed by atoms with Crippen molar-refractivity contribution in [3.05, 3.63) is 77.9 Å². The Morgan fingerprint density at radius 2 is 1.57 bits per heavy atom. The Bertz CT molecular complexity index is 1040. The topological polar surface area (TPSA) is 61.4 Å². The van der Waals surface area contributed by atoms with E-state index in [2.05, 4.69) is 27.7 Å². The van der Waals surface area contributed by atoms with E-state index < -0.39 is 0 Å². The average Bonchev–Trinajstić information content (AvgIpc) is 3.32. The third kappa shape index (κ3) is 4.79. The predicted molar refractivity (Wildman–Crippen MR) is 121 cm³/mol. The van der Waals surface area contributed by atoms with E-state index in [4.69, 9.17) is 0 Å². The molecule has 2 N–H and O–H groups in total. The zero-order valence-electron chi connectivity index (χ0n) is 17.1. The molecule has 0 saturated carbocycles. The Kier molecular flexibility index (Phi) is 6.28. The van der Waals surface area contributed by atoms with Crippen LogP contribution in [-0.2, 0) is 11.3 Å². The molecular formula is C25H27N3O2. The van der Waals surface area contributed by atoms with Crippen LogP contribution in [0.3, 0.4) is 0 Å². The second-order valence-corrected chi connectivity index (χ2v) is 7.67. The van der Waals surface area contributed by atoms with E-state index in [1.54, 1.807) is 0 Å². The molecule has 0 spiro atoms. The molecule has 30 heavy (non-hydrogen) atoms. The van der Waals surface area contributed by atoms with Crippen molar-refractivity contribution >= 4 is 28.3 Å². The molecule has 0 aromatic heterocycles. The van der Waals surface area contributed by atoms with Gasteiger partial charge in [-0.3, -0.25) is 9.59 Å². The fourth-order valence-electron chi connectivity index (χ4n) is 3.93. The van der Waals surface area contributed by atoms with Gasteiger partial charge in [-0.1, -0.05) is 48.5 Å². The van der Waals surface area contributed by atoms with Crippen LogP contribution in [0.4, 0.5) is 5.69 Å². The smallest absolute Gasteiger partial charge is 0.251 e. The minimum atomic E-state index is -0.159. The van der Waals surface area contributed by atoms with Crippen molar-refractivity contribution in [2.75, 3.05) is 24.5 Å². The van der Waals surface area contributed by atoms with Crippen LogP contribution in [0.5, 0.6) is 0 Å². The lowest BCUT2D eigenvalue weighted by atomic mass is 10.1. The largest absolute Gasteiger partial charge is 0.371 e. The summed E-state index contributed by atoms with van der Waals surface area (Å²) in [5, 5.41) is 7.95. The maximum absolute atomic E-state index is 12.4. The number of amides is 2. The summed E-state index contributed by atoms with van der Waals surface area (Å²) in [4.78, 5) is 27.0. The molecule has 154 valence electrons. The molecule has 0 radical (unpaired) electrons. The van der Waals surface area contributed by atoms with Gasteiger partial charge in [0.25, 0.3) is 5.91 Å². The second kappa shape index (κ2) is 9.44. The average molecular weight is 402 g/mol. The molecule has 5 heteroatoms. The molecule has 0 bridgehead atoms. The maximum Gasteiger partial charge on any atom is 0.251 e. The predicted octanol–water partition coefficient (Wildman–Crippen LogP) is 3.88. The molecule has 0 atom stereocenters. The van der Waals surface area contributed by atoms with Gasteiger partial charge in [0.2, 0.25) is 5.91 Å². The summed E-state index contributed by atoms with van der Waals surface area (Å²) in [7, 11) is 0. The van der Waals surface area contributed by atoms with Crippen molar-refractivity contribution in [1.29, 1.82) is 0 Å². The number of benzene rings is 3. The van der Waals surface area contributed by atoms with E-state index in [1.807, 2.05) is 54.6 Å². The van der Waals surface area contributed by atoms with Crippen LogP contribution >= 0.6 is 0 Å². The molecule has 0 aliphatic carbocycles. The van der Waals surface area contributed by atoms with Crippen molar-refractivity contribution in [2.24, 2.45) is 0 Å². The van der Waals surface area contributed by atoms with Gasteiger partial charge in [0.15, 0.2) is 0 Å². The van der Waals surface area contributed by atoms with Gasteiger partial charge in [-0.25, -0.2) is 0 Å². The van der Waals surface area contributed by atoms with Gasteiger partial charge >= 0.3 is 0 Å². The fourth-order valence-corrected chi connectivity index (χ4v) is 3.93. The van der Waals surface area contributed by atoms with E-state index in [1.165, 1.54) is 18.5 Å². The Hall–Kier alpha value is -3.34. The molecular weight excluding hydrogens is 374 g/mol. The summed E-state index contributed by atoms with van der Waals surface area (Å²) >= 11 is 0. The zero-order chi connectivity index (χ0) is 20.8. The lowest BCUT2D eigenvalue weighted by Gasteiger charge is -2.21. The lowest BCUT2D eigenvalue weighted by Crippen LogP contribution is -2.31. The Morgan fingerprint density at radius 3 is 2.40 bits per heavy atom. The van der Waals surface area contributed by atoms with Crippen LogP contribution in [0, 0.1) is 0 Å².